The van der Waals surface area contributed by atoms with Crippen molar-refractivity contribution in [2.75, 3.05) is 0 Å². The number of carbonyl (C=O) groups excluding carboxylic acids is 2. The van der Waals surface area contributed by atoms with Crippen LogP contribution in [-0.4, -0.2) is 33.7 Å². The normalized spacial score (nSPS) is 15.6. The smallest absolute Gasteiger partial charge is 0.257 e. The Balaban J connectivity index is 2.45. The molecule has 0 bridgehead atoms. The van der Waals surface area contributed by atoms with E-state index in [1.165, 1.54) is 12.3 Å². The van der Waals surface area contributed by atoms with E-state index in [9.17, 15) is 9.59 Å². The first kappa shape index (κ1) is 8.36. The van der Waals surface area contributed by atoms with Crippen LogP contribution in [0, 0.1) is 0 Å². The molecule has 1 aliphatic rings. The van der Waals surface area contributed by atoms with E-state index in [1.54, 1.807) is 6.07 Å². The molecule has 1 aromatic heterocycles. The van der Waals surface area contributed by atoms with Gasteiger partial charge in [-0.3, -0.25) is 9.59 Å². The van der Waals surface area contributed by atoms with Gasteiger partial charge in [0.05, 0.1) is 0 Å². The quantitative estimate of drug-likeness (QED) is 0.551. The molecule has 0 spiro atoms. The lowest BCUT2D eigenvalue weighted by Gasteiger charge is -2.01. The topological polar surface area (TPSA) is 84.6 Å². The van der Waals surface area contributed by atoms with E-state index in [0.29, 0.717) is 0 Å². The minimum absolute atomic E-state index is 0.0643. The number of carbonyl (C=O) groups is 2. The van der Waals surface area contributed by atoms with E-state index in [1.807, 2.05) is 0 Å². The van der Waals surface area contributed by atoms with Crippen LogP contribution in [0.3, 0.4) is 0 Å². The third kappa shape index (κ3) is 1.33. The van der Waals surface area contributed by atoms with Crippen LogP contribution in [0.4, 0.5) is 0 Å². The first-order chi connectivity index (χ1) is 6.79. The minimum atomic E-state index is -0.708. The molecule has 0 N–H and O–H groups in total. The maximum atomic E-state index is 11.3. The van der Waals surface area contributed by atoms with Crippen LogP contribution in [0.1, 0.15) is 5.69 Å². The van der Waals surface area contributed by atoms with Crippen molar-refractivity contribution in [3.63, 3.8) is 0 Å². The predicted molar refractivity (Wildman–Crippen MR) is 47.1 cm³/mol. The Kier molecular flexibility index (Phi) is 1.94. The maximum Gasteiger partial charge on any atom is 0.257 e. The molecule has 68 valence electrons. The fourth-order valence-corrected chi connectivity index (χ4v) is 0.955. The van der Waals surface area contributed by atoms with E-state index < -0.39 is 11.6 Å². The summed E-state index contributed by atoms with van der Waals surface area (Å²) in [5.41, 5.74) is 0.188. The fourth-order valence-electron chi connectivity index (χ4n) is 0.955. The molecule has 0 amide bonds. The highest BCUT2D eigenvalue weighted by Crippen LogP contribution is 2.01. The van der Waals surface area contributed by atoms with Gasteiger partial charge < -0.3 is 0 Å². The Morgan fingerprint density at radius 3 is 2.79 bits per heavy atom. The molecule has 0 aliphatic carbocycles. The molecule has 6 heteroatoms. The summed E-state index contributed by atoms with van der Waals surface area (Å²) in [6.07, 6.45) is 2.34. The lowest BCUT2D eigenvalue weighted by molar-refractivity contribution is -0.128. The average Bonchev–Trinajstić information content (AvgIpc) is 2.23. The molecule has 0 fully saturated rings. The van der Waals surface area contributed by atoms with Crippen molar-refractivity contribution in [1.29, 1.82) is 0 Å². The summed E-state index contributed by atoms with van der Waals surface area (Å²) in [6.45, 7) is 0. The zero-order chi connectivity index (χ0) is 9.97. The Morgan fingerprint density at radius 2 is 2.07 bits per heavy atom. The van der Waals surface area contributed by atoms with Gasteiger partial charge in [0.25, 0.3) is 5.78 Å². The molecule has 1 aliphatic heterocycles. The second-order valence-electron chi connectivity index (χ2n) is 2.50. The number of ketones is 2. The largest absolute Gasteiger partial charge is 0.284 e. The van der Waals surface area contributed by atoms with Gasteiger partial charge in [-0.25, -0.2) is 0 Å². The van der Waals surface area contributed by atoms with Crippen molar-refractivity contribution in [2.24, 2.45) is 10.2 Å². The number of hydrogen-bond donors (Lipinski definition) is 0. The van der Waals surface area contributed by atoms with E-state index in [4.69, 9.17) is 0 Å². The van der Waals surface area contributed by atoms with Gasteiger partial charge >= 0.3 is 0 Å². The fraction of sp³-hybridized carbons (Fsp3) is 0. The second-order valence-corrected chi connectivity index (χ2v) is 2.50. The van der Waals surface area contributed by atoms with E-state index in [0.717, 1.165) is 6.21 Å². The monoisotopic (exact) mass is 188 g/mol. The van der Waals surface area contributed by atoms with Crippen LogP contribution in [0.5, 0.6) is 0 Å². The average molecular weight is 188 g/mol. The molecule has 0 saturated carbocycles. The summed E-state index contributed by atoms with van der Waals surface area (Å²) < 4.78 is 0. The van der Waals surface area contributed by atoms with Gasteiger partial charge in [0.1, 0.15) is 11.9 Å². The number of nitrogens with zero attached hydrogens (tertiary/aromatic N) is 4. The molecule has 1 aromatic rings. The SMILES string of the molecule is O=C1C=NN=C(c2cccnn2)C1=O. The Bertz CT molecular complexity index is 450. The molecule has 0 atom stereocenters. The highest BCUT2D eigenvalue weighted by Gasteiger charge is 2.24. The standard InChI is InChI=1S/C8H4N4O2/c13-6-4-10-12-7(8(6)14)5-2-1-3-9-11-5/h1-4H. The molecular weight excluding hydrogens is 184 g/mol. The summed E-state index contributed by atoms with van der Waals surface area (Å²) in [5, 5.41) is 14.2. The summed E-state index contributed by atoms with van der Waals surface area (Å²) in [4.78, 5) is 22.2. The molecule has 0 radical (unpaired) electrons. The molecular formula is C8H4N4O2. The zero-order valence-electron chi connectivity index (χ0n) is 6.91. The van der Waals surface area contributed by atoms with Gasteiger partial charge in [0.2, 0.25) is 5.78 Å². The van der Waals surface area contributed by atoms with Crippen LogP contribution in [0.2, 0.25) is 0 Å². The third-order valence-corrected chi connectivity index (χ3v) is 1.59. The second kappa shape index (κ2) is 3.25. The van der Waals surface area contributed by atoms with Crippen LogP contribution in [-0.2, 0) is 9.59 Å². The highest BCUT2D eigenvalue weighted by molar-refractivity contribution is 6.78. The van der Waals surface area contributed by atoms with Gasteiger partial charge in [-0.15, -0.1) is 10.2 Å². The van der Waals surface area contributed by atoms with E-state index in [2.05, 4.69) is 20.4 Å². The van der Waals surface area contributed by atoms with Crippen LogP contribution in [0.15, 0.2) is 28.5 Å². The van der Waals surface area contributed by atoms with E-state index in [-0.39, 0.29) is 11.4 Å². The number of rotatable bonds is 1. The van der Waals surface area contributed by atoms with Gasteiger partial charge in [0, 0.05) is 6.20 Å². The highest BCUT2D eigenvalue weighted by atomic mass is 16.2. The number of aromatic nitrogens is 2. The van der Waals surface area contributed by atoms with Gasteiger partial charge in [-0.1, -0.05) is 0 Å². The van der Waals surface area contributed by atoms with Gasteiger partial charge in [0.15, 0.2) is 5.71 Å². The Labute approximate surface area is 78.4 Å². The van der Waals surface area contributed by atoms with Crippen molar-refractivity contribution in [1.82, 2.24) is 10.2 Å². The van der Waals surface area contributed by atoms with Crippen molar-refractivity contribution >= 4 is 23.5 Å². The molecule has 0 saturated heterocycles. The van der Waals surface area contributed by atoms with Crippen molar-refractivity contribution < 1.29 is 9.59 Å². The van der Waals surface area contributed by atoms with Gasteiger partial charge in [-0.05, 0) is 12.1 Å². The number of Topliss-reactive ketones (excluding diaryl/α,β-unsaturated/α-hetero) is 2. The molecule has 2 rings (SSSR count). The maximum absolute atomic E-state index is 11.3. The van der Waals surface area contributed by atoms with Crippen LogP contribution < -0.4 is 0 Å². The van der Waals surface area contributed by atoms with Crippen molar-refractivity contribution in [2.45, 2.75) is 0 Å². The molecule has 2 heterocycles. The Morgan fingerprint density at radius 1 is 1.21 bits per heavy atom. The first-order valence-electron chi connectivity index (χ1n) is 3.77. The lowest BCUT2D eigenvalue weighted by atomic mass is 10.1. The summed E-state index contributed by atoms with van der Waals surface area (Å²) in [7, 11) is 0. The minimum Gasteiger partial charge on any atom is -0.284 e. The lowest BCUT2D eigenvalue weighted by Crippen LogP contribution is -2.29. The predicted octanol–water partition coefficient (Wildman–Crippen LogP) is -0.597. The summed E-state index contributed by atoms with van der Waals surface area (Å²) in [6, 6.07) is 3.14. The summed E-state index contributed by atoms with van der Waals surface area (Å²) in [5.74, 6) is -1.40. The third-order valence-electron chi connectivity index (χ3n) is 1.59. The zero-order valence-corrected chi connectivity index (χ0v) is 6.91. The summed E-state index contributed by atoms with van der Waals surface area (Å²) >= 11 is 0. The Hall–Kier alpha value is -2.24. The van der Waals surface area contributed by atoms with E-state index >= 15 is 0 Å². The number of hydrogen-bond acceptors (Lipinski definition) is 6. The first-order valence-corrected chi connectivity index (χ1v) is 3.77. The molecule has 6 nitrogen and oxygen atoms in total. The van der Waals surface area contributed by atoms with Crippen molar-refractivity contribution in [3.8, 4) is 0 Å². The molecule has 14 heavy (non-hydrogen) atoms. The van der Waals surface area contributed by atoms with Crippen LogP contribution in [0.25, 0.3) is 0 Å². The van der Waals surface area contributed by atoms with Gasteiger partial charge in [-0.2, -0.15) is 10.2 Å². The molecule has 0 aromatic carbocycles. The molecule has 0 unspecified atom stereocenters. The van der Waals surface area contributed by atoms with Crippen molar-refractivity contribution in [3.05, 3.63) is 24.0 Å². The van der Waals surface area contributed by atoms with Crippen LogP contribution >= 0.6 is 0 Å².